The van der Waals surface area contributed by atoms with E-state index in [9.17, 15) is 48.6 Å². The maximum absolute atomic E-state index is 13.3. The number of amides is 2. The van der Waals surface area contributed by atoms with E-state index in [-0.39, 0.29) is 117 Å². The van der Waals surface area contributed by atoms with Gasteiger partial charge in [-0.1, -0.05) is 19.1 Å². The van der Waals surface area contributed by atoms with Gasteiger partial charge in [0.05, 0.1) is 49.2 Å². The van der Waals surface area contributed by atoms with E-state index in [1.165, 1.54) is 6.92 Å². The van der Waals surface area contributed by atoms with E-state index in [2.05, 4.69) is 20.6 Å². The Balaban J connectivity index is 1.13. The number of aromatic amines is 2. The van der Waals surface area contributed by atoms with Crippen LogP contribution in [0.25, 0.3) is 10.9 Å². The van der Waals surface area contributed by atoms with Gasteiger partial charge in [-0.05, 0) is 68.7 Å². The molecule has 1 aliphatic carbocycles. The Kier molecular flexibility index (Phi) is 22.1. The van der Waals surface area contributed by atoms with E-state index < -0.39 is 41.7 Å². The molecule has 0 saturated heterocycles. The lowest BCUT2D eigenvalue weighted by molar-refractivity contribution is -0.146. The van der Waals surface area contributed by atoms with Crippen LogP contribution in [0.2, 0.25) is 0 Å². The van der Waals surface area contributed by atoms with Gasteiger partial charge in [0.25, 0.3) is 11.5 Å². The summed E-state index contributed by atoms with van der Waals surface area (Å²) in [7, 11) is 0. The summed E-state index contributed by atoms with van der Waals surface area (Å²) in [6.45, 7) is 3.82. The summed E-state index contributed by atoms with van der Waals surface area (Å²) < 4.78 is 16.1. The van der Waals surface area contributed by atoms with Gasteiger partial charge in [-0.15, -0.1) is 0 Å². The van der Waals surface area contributed by atoms with Gasteiger partial charge < -0.3 is 50.8 Å². The second kappa shape index (κ2) is 27.3. The summed E-state index contributed by atoms with van der Waals surface area (Å²) in [6, 6.07) is 6.95. The monoisotopic (exact) mass is 943 g/mol. The molecule has 0 spiro atoms. The molecule has 8 N–H and O–H groups in total. The molecule has 5 atom stereocenters. The third-order valence-corrected chi connectivity index (χ3v) is 14.3. The lowest BCUT2D eigenvalue weighted by Gasteiger charge is -2.36. The lowest BCUT2D eigenvalue weighted by atomic mass is 9.99. The van der Waals surface area contributed by atoms with Gasteiger partial charge in [-0.2, -0.15) is 23.5 Å². The average Bonchev–Trinajstić information content (AvgIpc) is 3.67. The van der Waals surface area contributed by atoms with Gasteiger partial charge >= 0.3 is 17.9 Å². The fraction of sp³-hybridized carbons (Fsp3) is 0.556. The molecule has 2 aromatic heterocycles. The van der Waals surface area contributed by atoms with Gasteiger partial charge in [0.15, 0.2) is 0 Å². The number of carboxylic acids is 2. The number of carbonyl (C=O) groups excluding carboxylic acids is 5. The molecular weight excluding hydrogens is 883 g/mol. The van der Waals surface area contributed by atoms with E-state index in [1.807, 2.05) is 6.92 Å². The first-order valence-electron chi connectivity index (χ1n) is 21.8. The van der Waals surface area contributed by atoms with Crippen LogP contribution in [0.1, 0.15) is 86.7 Å². The highest BCUT2D eigenvalue weighted by molar-refractivity contribution is 8.04. The topological polar surface area (TPSA) is 286 Å². The van der Waals surface area contributed by atoms with Gasteiger partial charge in [0.1, 0.15) is 30.0 Å². The number of thioether (sulfide) groups is 2. The molecule has 1 aromatic carbocycles. The Morgan fingerprint density at radius 1 is 0.862 bits per heavy atom. The molecule has 1 fully saturated rings. The zero-order chi connectivity index (χ0) is 47.3. The van der Waals surface area contributed by atoms with Gasteiger partial charge in [0.2, 0.25) is 5.91 Å². The normalized spacial score (nSPS) is 15.9. The first-order valence-corrected chi connectivity index (χ1v) is 23.9. The van der Waals surface area contributed by atoms with Crippen molar-refractivity contribution in [2.45, 2.75) is 94.6 Å². The summed E-state index contributed by atoms with van der Waals surface area (Å²) in [5.74, 6) is -3.68. The standard InChI is InChI=1S/C45H61N5O13S2/c1-3-29(44(57)58)25-64-36-11-12-37(36)65-26-32(22-33(52)15-18-61-17-14-27(2)51)41(54)47-16-19-62-20-21-63-39(53)13-10-34(45(59)60)49-42(55)30-7-4-28(5-8-30)6-9-31-24-48-35-23-38(46)50-43(56)40(31)35/h4-5,7-8,23-24,29,32,34,36-37,48H,3,6,9-22,25-26H2,1-2H3,(H,47,54)(H,49,55)(H,57,58)(H,59,60)(H3,46,50,56)/t29?,32?,34-,36?,37?/m0/s1. The van der Waals surface area contributed by atoms with Crippen molar-refractivity contribution in [1.29, 1.82) is 0 Å². The van der Waals surface area contributed by atoms with Crippen LogP contribution in [-0.2, 0) is 55.8 Å². The molecule has 4 rings (SSSR count). The Morgan fingerprint density at radius 2 is 1.54 bits per heavy atom. The van der Waals surface area contributed by atoms with Crippen LogP contribution in [0.15, 0.2) is 41.3 Å². The fourth-order valence-corrected chi connectivity index (χ4v) is 10.2. The lowest BCUT2D eigenvalue weighted by Crippen LogP contribution is -2.41. The number of aromatic nitrogens is 2. The molecule has 20 heteroatoms. The van der Waals surface area contributed by atoms with Crippen LogP contribution in [0, 0.1) is 11.8 Å². The minimum absolute atomic E-state index is 0.00859. The number of aliphatic carboxylic acids is 2. The van der Waals surface area contributed by atoms with Crippen molar-refractivity contribution in [3.05, 3.63) is 63.6 Å². The van der Waals surface area contributed by atoms with Gasteiger partial charge in [-0.25, -0.2) is 4.79 Å². The number of ether oxygens (including phenoxy) is 3. The Labute approximate surface area is 385 Å². The van der Waals surface area contributed by atoms with Gasteiger partial charge in [-0.3, -0.25) is 33.6 Å². The Morgan fingerprint density at radius 3 is 2.18 bits per heavy atom. The number of carboxylic acid groups (broad SMARTS) is 2. The number of esters is 1. The van der Waals surface area contributed by atoms with E-state index >= 15 is 0 Å². The van der Waals surface area contributed by atoms with Crippen molar-refractivity contribution in [2.24, 2.45) is 11.8 Å². The zero-order valence-corrected chi connectivity index (χ0v) is 38.5. The molecule has 0 radical (unpaired) electrons. The number of nitrogen functional groups attached to an aromatic ring is 1. The third kappa shape index (κ3) is 18.0. The van der Waals surface area contributed by atoms with Crippen LogP contribution >= 0.6 is 23.5 Å². The summed E-state index contributed by atoms with van der Waals surface area (Å²) in [4.78, 5) is 104. The second-order valence-electron chi connectivity index (χ2n) is 15.9. The SMILES string of the molecule is CCC(CSC1CCC1SCC(CC(=O)CCOCCC(C)=O)C(=O)NCCOCCOC(=O)CC[C@H](NC(=O)c1ccc(CCc2c[nH]c3cc(N)[nH]c(=O)c23)cc1)C(=O)O)C(=O)O. The highest BCUT2D eigenvalue weighted by Crippen LogP contribution is 2.42. The van der Waals surface area contributed by atoms with Crippen molar-refractivity contribution >= 4 is 81.5 Å². The van der Waals surface area contributed by atoms with Crippen LogP contribution < -0.4 is 21.9 Å². The van der Waals surface area contributed by atoms with Crippen LogP contribution in [-0.4, -0.2) is 129 Å². The Hall–Kier alpha value is -5.18. The summed E-state index contributed by atoms with van der Waals surface area (Å²) >= 11 is 3.27. The number of ketones is 2. The third-order valence-electron chi connectivity index (χ3n) is 10.9. The largest absolute Gasteiger partial charge is 0.481 e. The van der Waals surface area contributed by atoms with E-state index in [0.717, 1.165) is 24.0 Å². The number of hydrogen-bond acceptors (Lipinski definition) is 14. The predicted molar refractivity (Wildman–Crippen MR) is 247 cm³/mol. The average molecular weight is 944 g/mol. The number of anilines is 1. The fourth-order valence-electron chi connectivity index (χ4n) is 6.86. The minimum Gasteiger partial charge on any atom is -0.481 e. The van der Waals surface area contributed by atoms with Crippen molar-refractivity contribution in [2.75, 3.05) is 56.8 Å². The maximum atomic E-state index is 13.3. The number of carbonyl (C=O) groups is 7. The van der Waals surface area contributed by atoms with E-state index in [0.29, 0.717) is 41.7 Å². The second-order valence-corrected chi connectivity index (χ2v) is 18.4. The molecule has 356 valence electrons. The molecular formula is C45H61N5O13S2. The number of aryl methyl sites for hydroxylation is 2. The molecule has 0 bridgehead atoms. The number of hydrogen-bond donors (Lipinski definition) is 7. The minimum atomic E-state index is -1.35. The van der Waals surface area contributed by atoms with Crippen LogP contribution in [0.3, 0.4) is 0 Å². The number of H-pyrrole nitrogens is 2. The highest BCUT2D eigenvalue weighted by atomic mass is 32.2. The molecule has 3 aromatic rings. The number of pyridine rings is 1. The maximum Gasteiger partial charge on any atom is 0.326 e. The number of nitrogens with two attached hydrogens (primary N) is 1. The van der Waals surface area contributed by atoms with Gasteiger partial charge in [0, 0.05) is 72.1 Å². The van der Waals surface area contributed by atoms with E-state index in [1.54, 1.807) is 60.1 Å². The number of fused-ring (bicyclic) bond motifs is 1. The Bertz CT molecular complexity index is 2140. The van der Waals surface area contributed by atoms with Crippen molar-refractivity contribution in [3.63, 3.8) is 0 Å². The van der Waals surface area contributed by atoms with Crippen molar-refractivity contribution < 1.29 is 58.0 Å². The van der Waals surface area contributed by atoms with Crippen molar-refractivity contribution in [1.82, 2.24) is 20.6 Å². The molecule has 0 aliphatic heterocycles. The quantitative estimate of drug-likeness (QED) is 0.0345. The summed E-state index contributed by atoms with van der Waals surface area (Å²) in [5.41, 5.74) is 8.03. The molecule has 18 nitrogen and oxygen atoms in total. The number of benzene rings is 1. The number of Topliss-reactive ketones (excluding diaryl/α,β-unsaturated/α-hetero) is 2. The molecule has 2 amide bonds. The first kappa shape index (κ1) is 52.4. The van der Waals surface area contributed by atoms with Crippen LogP contribution in [0.4, 0.5) is 5.82 Å². The first-order chi connectivity index (χ1) is 31.1. The summed E-state index contributed by atoms with van der Waals surface area (Å²) in [6.07, 6.45) is 5.27. The number of nitrogens with one attached hydrogen (secondary N) is 4. The highest BCUT2D eigenvalue weighted by Gasteiger charge is 2.34. The molecule has 4 unspecified atom stereocenters. The molecule has 2 heterocycles. The molecule has 65 heavy (non-hydrogen) atoms. The zero-order valence-electron chi connectivity index (χ0n) is 36.9. The molecule has 1 saturated carbocycles. The van der Waals surface area contributed by atoms with Crippen LogP contribution in [0.5, 0.6) is 0 Å². The van der Waals surface area contributed by atoms with Crippen molar-refractivity contribution in [3.8, 4) is 0 Å². The van der Waals surface area contributed by atoms with E-state index in [4.69, 9.17) is 19.9 Å². The smallest absolute Gasteiger partial charge is 0.326 e. The molecule has 1 aliphatic rings. The predicted octanol–water partition coefficient (Wildman–Crippen LogP) is 3.93. The number of rotatable bonds is 32. The summed E-state index contributed by atoms with van der Waals surface area (Å²) in [5, 5.41) is 25.5.